The van der Waals surface area contributed by atoms with Crippen molar-refractivity contribution in [1.82, 2.24) is 0 Å². The van der Waals surface area contributed by atoms with Gasteiger partial charge in [0.15, 0.2) is 0 Å². The number of aliphatic hydroxyl groups is 1. The number of hydrogen-bond donors (Lipinski definition) is 4. The van der Waals surface area contributed by atoms with Crippen molar-refractivity contribution in [2.75, 3.05) is 13.1 Å². The molecule has 0 spiro atoms. The second-order valence-electron chi connectivity index (χ2n) is 5.57. The summed E-state index contributed by atoms with van der Waals surface area (Å²) in [5.74, 6) is 0. The second kappa shape index (κ2) is 14.3. The summed E-state index contributed by atoms with van der Waals surface area (Å²) in [7, 11) is 0. The van der Waals surface area contributed by atoms with Gasteiger partial charge in [0.2, 0.25) is 0 Å². The van der Waals surface area contributed by atoms with Gasteiger partial charge in [0.05, 0.1) is 6.10 Å². The van der Waals surface area contributed by atoms with Gasteiger partial charge in [-0.2, -0.15) is 0 Å². The highest BCUT2D eigenvalue weighted by atomic mass is 16.3. The van der Waals surface area contributed by atoms with Gasteiger partial charge in [0.25, 0.3) is 0 Å². The van der Waals surface area contributed by atoms with Crippen LogP contribution in [0.25, 0.3) is 0 Å². The molecule has 116 valence electrons. The molecule has 0 rings (SSSR count). The number of rotatable bonds is 14. The predicted octanol–water partition coefficient (Wildman–Crippen LogP) is 1.88. The molecule has 7 N–H and O–H groups in total. The van der Waals surface area contributed by atoms with E-state index >= 15 is 0 Å². The van der Waals surface area contributed by atoms with E-state index in [9.17, 15) is 5.11 Å². The van der Waals surface area contributed by atoms with E-state index in [4.69, 9.17) is 17.2 Å². The van der Waals surface area contributed by atoms with E-state index in [0.29, 0.717) is 0 Å². The van der Waals surface area contributed by atoms with Crippen LogP contribution in [0.4, 0.5) is 0 Å². The highest BCUT2D eigenvalue weighted by Crippen LogP contribution is 2.12. The highest BCUT2D eigenvalue weighted by molar-refractivity contribution is 4.71. The third-order valence-electron chi connectivity index (χ3n) is 3.69. The number of nitrogens with two attached hydrogens (primary N) is 3. The van der Waals surface area contributed by atoms with Crippen LogP contribution in [0.2, 0.25) is 0 Å². The fraction of sp³-hybridized carbons (Fsp3) is 1.00. The van der Waals surface area contributed by atoms with Crippen LogP contribution >= 0.6 is 0 Å². The first-order valence-corrected chi connectivity index (χ1v) is 8.06. The lowest BCUT2D eigenvalue weighted by Gasteiger charge is -2.18. The van der Waals surface area contributed by atoms with E-state index in [2.05, 4.69) is 0 Å². The molecule has 4 heteroatoms. The van der Waals surface area contributed by atoms with E-state index in [1.807, 2.05) is 0 Å². The number of unbranched alkanes of at least 4 members (excludes halogenated alkanes) is 7. The molecule has 0 heterocycles. The predicted molar refractivity (Wildman–Crippen MR) is 82.9 cm³/mol. The van der Waals surface area contributed by atoms with Gasteiger partial charge >= 0.3 is 0 Å². The molecule has 0 radical (unpaired) electrons. The summed E-state index contributed by atoms with van der Waals surface area (Å²) >= 11 is 0. The van der Waals surface area contributed by atoms with Gasteiger partial charge in [-0.25, -0.2) is 0 Å². The Balaban J connectivity index is 3.33. The maximum atomic E-state index is 9.92. The molecule has 4 nitrogen and oxygen atoms in total. The Morgan fingerprint density at radius 2 is 1.05 bits per heavy atom. The smallest absolute Gasteiger partial charge is 0.0691 e. The van der Waals surface area contributed by atoms with Gasteiger partial charge < -0.3 is 22.3 Å². The molecule has 19 heavy (non-hydrogen) atoms. The van der Waals surface area contributed by atoms with Gasteiger partial charge in [-0.15, -0.1) is 0 Å². The topological polar surface area (TPSA) is 98.3 Å². The first-order valence-electron chi connectivity index (χ1n) is 8.06. The monoisotopic (exact) mass is 273 g/mol. The SMILES string of the molecule is NCCCCCCCCC(N)C(O)CCCCCN. The lowest BCUT2D eigenvalue weighted by molar-refractivity contribution is 0.126. The molecule has 0 aliphatic heterocycles. The molecule has 0 aromatic carbocycles. The molecule has 0 bridgehead atoms. The molecule has 2 unspecified atom stereocenters. The molecule has 2 atom stereocenters. The molecular weight excluding hydrogens is 238 g/mol. The summed E-state index contributed by atoms with van der Waals surface area (Å²) in [5.41, 5.74) is 16.9. The van der Waals surface area contributed by atoms with Crippen LogP contribution in [0, 0.1) is 0 Å². The Kier molecular flexibility index (Phi) is 14.1. The largest absolute Gasteiger partial charge is 0.392 e. The number of aliphatic hydroxyl groups excluding tert-OH is 1. The van der Waals surface area contributed by atoms with Crippen molar-refractivity contribution in [2.24, 2.45) is 17.2 Å². The second-order valence-corrected chi connectivity index (χ2v) is 5.57. The minimum absolute atomic E-state index is 0.0538. The normalized spacial score (nSPS) is 14.5. The van der Waals surface area contributed by atoms with E-state index in [1.54, 1.807) is 0 Å². The third-order valence-corrected chi connectivity index (χ3v) is 3.69. The van der Waals surface area contributed by atoms with Crippen molar-refractivity contribution in [3.63, 3.8) is 0 Å². The fourth-order valence-electron chi connectivity index (χ4n) is 2.31. The van der Waals surface area contributed by atoms with E-state index in [0.717, 1.165) is 58.0 Å². The van der Waals surface area contributed by atoms with Crippen LogP contribution in [0.3, 0.4) is 0 Å². The molecule has 0 saturated carbocycles. The van der Waals surface area contributed by atoms with Crippen molar-refractivity contribution in [3.05, 3.63) is 0 Å². The maximum Gasteiger partial charge on any atom is 0.0691 e. The van der Waals surface area contributed by atoms with Gasteiger partial charge in [-0.05, 0) is 38.8 Å². The van der Waals surface area contributed by atoms with Gasteiger partial charge in [-0.1, -0.05) is 44.9 Å². The molecule has 0 aliphatic rings. The Morgan fingerprint density at radius 3 is 1.63 bits per heavy atom. The Morgan fingerprint density at radius 1 is 0.632 bits per heavy atom. The van der Waals surface area contributed by atoms with Crippen molar-refractivity contribution >= 4 is 0 Å². The quantitative estimate of drug-likeness (QED) is 0.363. The third kappa shape index (κ3) is 12.6. The van der Waals surface area contributed by atoms with Crippen LogP contribution in [-0.4, -0.2) is 30.3 Å². The first kappa shape index (κ1) is 18.8. The molecule has 0 amide bonds. The average Bonchev–Trinajstić information content (AvgIpc) is 2.42. The molecule has 0 aliphatic carbocycles. The number of hydrogen-bond acceptors (Lipinski definition) is 4. The highest BCUT2D eigenvalue weighted by Gasteiger charge is 2.13. The van der Waals surface area contributed by atoms with Gasteiger partial charge in [-0.3, -0.25) is 0 Å². The minimum Gasteiger partial charge on any atom is -0.392 e. The summed E-state index contributed by atoms with van der Waals surface area (Å²) in [6, 6.07) is -0.0538. The zero-order chi connectivity index (χ0) is 14.3. The lowest BCUT2D eigenvalue weighted by atomic mass is 9.99. The van der Waals surface area contributed by atoms with Crippen molar-refractivity contribution in [1.29, 1.82) is 0 Å². The molecule has 0 saturated heterocycles. The summed E-state index contributed by atoms with van der Waals surface area (Å²) in [6.07, 6.45) is 11.9. The van der Waals surface area contributed by atoms with Gasteiger partial charge in [0.1, 0.15) is 0 Å². The molecular formula is C15H35N3O. The van der Waals surface area contributed by atoms with E-state index in [-0.39, 0.29) is 12.1 Å². The summed E-state index contributed by atoms with van der Waals surface area (Å²) in [5, 5.41) is 9.92. The maximum absolute atomic E-state index is 9.92. The van der Waals surface area contributed by atoms with Crippen LogP contribution in [0.15, 0.2) is 0 Å². The first-order chi connectivity index (χ1) is 9.22. The van der Waals surface area contributed by atoms with Crippen molar-refractivity contribution in [3.8, 4) is 0 Å². The van der Waals surface area contributed by atoms with Crippen LogP contribution < -0.4 is 17.2 Å². The Hall–Kier alpha value is -0.160. The van der Waals surface area contributed by atoms with Crippen LogP contribution in [0.5, 0.6) is 0 Å². The summed E-state index contributed by atoms with van der Waals surface area (Å²) < 4.78 is 0. The lowest BCUT2D eigenvalue weighted by Crippen LogP contribution is -2.34. The summed E-state index contributed by atoms with van der Waals surface area (Å²) in [6.45, 7) is 1.55. The zero-order valence-corrected chi connectivity index (χ0v) is 12.5. The molecule has 0 aromatic heterocycles. The summed E-state index contributed by atoms with van der Waals surface area (Å²) in [4.78, 5) is 0. The minimum atomic E-state index is -0.338. The average molecular weight is 273 g/mol. The van der Waals surface area contributed by atoms with Crippen molar-refractivity contribution < 1.29 is 5.11 Å². The zero-order valence-electron chi connectivity index (χ0n) is 12.5. The van der Waals surface area contributed by atoms with E-state index < -0.39 is 0 Å². The van der Waals surface area contributed by atoms with Crippen LogP contribution in [-0.2, 0) is 0 Å². The molecule has 0 aromatic rings. The fourth-order valence-corrected chi connectivity index (χ4v) is 2.31. The van der Waals surface area contributed by atoms with Crippen molar-refractivity contribution in [2.45, 2.75) is 82.8 Å². The van der Waals surface area contributed by atoms with Crippen LogP contribution in [0.1, 0.15) is 70.6 Å². The standard InChI is InChI=1S/C15H35N3O/c16-12-8-4-2-1-3-6-10-14(18)15(19)11-7-5-9-13-17/h14-15,19H,1-13,16-18H2. The van der Waals surface area contributed by atoms with Gasteiger partial charge in [0, 0.05) is 6.04 Å². The Bertz CT molecular complexity index is 179. The van der Waals surface area contributed by atoms with E-state index in [1.165, 1.54) is 25.7 Å². The Labute approximate surface area is 119 Å². The molecule has 0 fully saturated rings.